The van der Waals surface area contributed by atoms with Gasteiger partial charge < -0.3 is 24.5 Å². The molecule has 0 bridgehead atoms. The number of rotatable bonds is 10. The predicted molar refractivity (Wildman–Crippen MR) is 151 cm³/mol. The first-order valence-electron chi connectivity index (χ1n) is 14.0. The van der Waals surface area contributed by atoms with Crippen LogP contribution in [0.25, 0.3) is 0 Å². The van der Waals surface area contributed by atoms with Gasteiger partial charge in [-0.15, -0.1) is 0 Å². The number of piperidine rings is 1. The molecule has 1 aromatic rings. The first kappa shape index (κ1) is 32.3. The van der Waals surface area contributed by atoms with Crippen molar-refractivity contribution in [3.05, 3.63) is 35.9 Å². The molecule has 0 unspecified atom stereocenters. The molecule has 2 saturated heterocycles. The fraction of sp³-hybridized carbons (Fsp3) is 0.643. The van der Waals surface area contributed by atoms with Gasteiger partial charge in [0.2, 0.25) is 21.8 Å². The zero-order valence-corrected chi connectivity index (χ0v) is 25.1. The number of carboxylic acids is 1. The minimum absolute atomic E-state index is 0.112. The topological polar surface area (TPSA) is 154 Å². The lowest BCUT2D eigenvalue weighted by atomic mass is 10.0. The van der Waals surface area contributed by atoms with Crippen molar-refractivity contribution in [1.29, 1.82) is 0 Å². The van der Waals surface area contributed by atoms with Crippen LogP contribution in [0.4, 0.5) is 4.79 Å². The van der Waals surface area contributed by atoms with E-state index in [1.807, 2.05) is 0 Å². The molecule has 2 aliphatic rings. The van der Waals surface area contributed by atoms with Crippen molar-refractivity contribution in [2.45, 2.75) is 88.8 Å². The number of ether oxygens (including phenoxy) is 1. The number of benzene rings is 1. The van der Waals surface area contributed by atoms with E-state index >= 15 is 0 Å². The molecule has 12 nitrogen and oxygen atoms in total. The molecule has 2 aliphatic heterocycles. The van der Waals surface area contributed by atoms with Crippen molar-refractivity contribution in [1.82, 2.24) is 19.4 Å². The second kappa shape index (κ2) is 13.6. The molecule has 0 radical (unpaired) electrons. The zero-order chi connectivity index (χ0) is 30.4. The van der Waals surface area contributed by atoms with Crippen LogP contribution in [0, 0.1) is 0 Å². The summed E-state index contributed by atoms with van der Waals surface area (Å²) in [5, 5.41) is 9.56. The lowest BCUT2D eigenvalue weighted by Gasteiger charge is -2.37. The van der Waals surface area contributed by atoms with E-state index in [9.17, 15) is 32.7 Å². The number of hydrogen-bond donors (Lipinski definition) is 2. The third-order valence-electron chi connectivity index (χ3n) is 7.34. The van der Waals surface area contributed by atoms with Crippen LogP contribution < -0.4 is 4.72 Å². The Morgan fingerprint density at radius 3 is 2.29 bits per heavy atom. The lowest BCUT2D eigenvalue weighted by Crippen LogP contribution is -2.52. The molecule has 3 amide bonds. The van der Waals surface area contributed by atoms with Gasteiger partial charge in [-0.3, -0.25) is 9.59 Å². The number of carbonyl (C=O) groups excluding carboxylic acids is 3. The molecule has 13 heteroatoms. The van der Waals surface area contributed by atoms with Gasteiger partial charge in [-0.05, 0) is 58.4 Å². The highest BCUT2D eigenvalue weighted by atomic mass is 32.2. The lowest BCUT2D eigenvalue weighted by molar-refractivity contribution is -0.149. The quantitative estimate of drug-likeness (QED) is 0.418. The Balaban J connectivity index is 1.64. The molecule has 2 heterocycles. The van der Waals surface area contributed by atoms with Gasteiger partial charge in [0.05, 0.1) is 5.75 Å². The molecule has 0 aromatic heterocycles. The van der Waals surface area contributed by atoms with Crippen LogP contribution in [0.2, 0.25) is 0 Å². The van der Waals surface area contributed by atoms with Gasteiger partial charge in [0, 0.05) is 39.1 Å². The van der Waals surface area contributed by atoms with E-state index in [2.05, 4.69) is 4.72 Å². The Morgan fingerprint density at radius 1 is 1.07 bits per heavy atom. The average molecular weight is 595 g/mol. The Bertz CT molecular complexity index is 1190. The van der Waals surface area contributed by atoms with Crippen molar-refractivity contribution in [3.8, 4) is 0 Å². The molecule has 2 N–H and O–H groups in total. The van der Waals surface area contributed by atoms with E-state index in [1.165, 1.54) is 4.90 Å². The number of sulfonamides is 1. The Labute approximate surface area is 242 Å². The minimum Gasteiger partial charge on any atom is -0.480 e. The summed E-state index contributed by atoms with van der Waals surface area (Å²) in [5.74, 6) is -2.41. The van der Waals surface area contributed by atoms with E-state index in [0.29, 0.717) is 37.9 Å². The molecule has 0 saturated carbocycles. The van der Waals surface area contributed by atoms with Gasteiger partial charge in [0.1, 0.15) is 17.7 Å². The average Bonchev–Trinajstić information content (AvgIpc) is 3.40. The molecule has 3 rings (SSSR count). The standard InChI is InChI=1S/C28H42N4O8S/c1-28(2,3)40-27(37)31-17-14-21(15-18-31)30(4)24(33)13-12-22(25(34)32-16-8-11-23(32)26(35)36)29-41(38,39)19-20-9-6-5-7-10-20/h5-7,9-10,21-23,29H,8,11-19H2,1-4H3,(H,35,36)/t22-,23+/m1/s1. The van der Waals surface area contributed by atoms with E-state index in [0.717, 1.165) is 0 Å². The van der Waals surface area contributed by atoms with E-state index < -0.39 is 45.7 Å². The SMILES string of the molecule is CN(C(=O)CC[C@@H](NS(=O)(=O)Cc1ccccc1)C(=O)N1CCC[C@H]1C(=O)O)C1CCN(C(=O)OC(C)(C)C)CC1. The molecule has 41 heavy (non-hydrogen) atoms. The summed E-state index contributed by atoms with van der Waals surface area (Å²) in [6, 6.07) is 6.06. The van der Waals surface area contributed by atoms with Crippen LogP contribution in [0.5, 0.6) is 0 Å². The van der Waals surface area contributed by atoms with Gasteiger partial charge >= 0.3 is 12.1 Å². The van der Waals surface area contributed by atoms with Crippen LogP contribution in [0.3, 0.4) is 0 Å². The van der Waals surface area contributed by atoms with Crippen LogP contribution in [-0.4, -0.2) is 103 Å². The van der Waals surface area contributed by atoms with Crippen molar-refractivity contribution >= 4 is 33.9 Å². The molecule has 1 aromatic carbocycles. The van der Waals surface area contributed by atoms with Gasteiger partial charge in [-0.1, -0.05) is 30.3 Å². The van der Waals surface area contributed by atoms with Crippen molar-refractivity contribution < 1.29 is 37.4 Å². The van der Waals surface area contributed by atoms with Gasteiger partial charge in [0.25, 0.3) is 0 Å². The smallest absolute Gasteiger partial charge is 0.410 e. The molecular formula is C28H42N4O8S. The van der Waals surface area contributed by atoms with Crippen LogP contribution in [0.1, 0.15) is 64.9 Å². The maximum absolute atomic E-state index is 13.4. The van der Waals surface area contributed by atoms with E-state index in [-0.39, 0.29) is 43.5 Å². The number of amides is 3. The summed E-state index contributed by atoms with van der Waals surface area (Å²) in [7, 11) is -2.32. The molecule has 0 aliphatic carbocycles. The molecular weight excluding hydrogens is 552 g/mol. The largest absolute Gasteiger partial charge is 0.480 e. The molecule has 2 atom stereocenters. The number of carbonyl (C=O) groups is 4. The third kappa shape index (κ3) is 9.42. The highest BCUT2D eigenvalue weighted by molar-refractivity contribution is 7.88. The second-order valence-electron chi connectivity index (χ2n) is 11.7. The maximum atomic E-state index is 13.4. The summed E-state index contributed by atoms with van der Waals surface area (Å²) in [6.45, 7) is 6.48. The normalized spacial score (nSPS) is 19.1. The monoisotopic (exact) mass is 594 g/mol. The van der Waals surface area contributed by atoms with E-state index in [1.54, 1.807) is 68.0 Å². The first-order chi connectivity index (χ1) is 19.2. The first-order valence-corrected chi connectivity index (χ1v) is 15.6. The minimum atomic E-state index is -3.98. The fourth-order valence-corrected chi connectivity index (χ4v) is 6.55. The number of aliphatic carboxylic acids is 1. The third-order valence-corrected chi connectivity index (χ3v) is 8.70. The Hall–Kier alpha value is -3.19. The highest BCUT2D eigenvalue weighted by Gasteiger charge is 2.39. The number of hydrogen-bond acceptors (Lipinski definition) is 7. The van der Waals surface area contributed by atoms with Crippen molar-refractivity contribution in [2.75, 3.05) is 26.7 Å². The van der Waals surface area contributed by atoms with Crippen LogP contribution in [0.15, 0.2) is 30.3 Å². The number of nitrogens with zero attached hydrogens (tertiary/aromatic N) is 3. The summed E-state index contributed by atoms with van der Waals surface area (Å²) >= 11 is 0. The van der Waals surface area contributed by atoms with Gasteiger partial charge in [-0.2, -0.15) is 0 Å². The fourth-order valence-electron chi connectivity index (χ4n) is 5.18. The summed E-state index contributed by atoms with van der Waals surface area (Å²) in [6.07, 6.45) is 1.28. The predicted octanol–water partition coefficient (Wildman–Crippen LogP) is 2.19. The highest BCUT2D eigenvalue weighted by Crippen LogP contribution is 2.22. The molecule has 228 valence electrons. The summed E-state index contributed by atoms with van der Waals surface area (Å²) in [5.41, 5.74) is -0.0686. The maximum Gasteiger partial charge on any atom is 0.410 e. The Morgan fingerprint density at radius 2 is 1.71 bits per heavy atom. The van der Waals surface area contributed by atoms with Crippen LogP contribution >= 0.6 is 0 Å². The van der Waals surface area contributed by atoms with Crippen molar-refractivity contribution in [2.24, 2.45) is 0 Å². The molecule has 2 fully saturated rings. The summed E-state index contributed by atoms with van der Waals surface area (Å²) in [4.78, 5) is 55.0. The number of likely N-dealkylation sites (tertiary alicyclic amines) is 2. The van der Waals surface area contributed by atoms with Crippen LogP contribution in [-0.2, 0) is 34.9 Å². The number of carboxylic acid groups (broad SMARTS) is 1. The zero-order valence-electron chi connectivity index (χ0n) is 24.2. The van der Waals surface area contributed by atoms with Gasteiger partial charge in [0.15, 0.2) is 0 Å². The summed E-state index contributed by atoms with van der Waals surface area (Å²) < 4.78 is 33.9. The van der Waals surface area contributed by atoms with Crippen molar-refractivity contribution in [3.63, 3.8) is 0 Å². The van der Waals surface area contributed by atoms with Gasteiger partial charge in [-0.25, -0.2) is 22.7 Å². The van der Waals surface area contributed by atoms with E-state index in [4.69, 9.17) is 4.74 Å². The number of nitrogens with one attached hydrogen (secondary N) is 1. The Kier molecular flexibility index (Phi) is 10.8. The molecule has 0 spiro atoms. The second-order valence-corrected chi connectivity index (χ2v) is 13.4.